The molecule has 1 aromatic heterocycles. The summed E-state index contributed by atoms with van der Waals surface area (Å²) in [6.07, 6.45) is 0. The third-order valence-corrected chi connectivity index (χ3v) is 2.58. The first kappa shape index (κ1) is 15.8. The number of ether oxygens (including phenoxy) is 2. The zero-order valence-corrected chi connectivity index (χ0v) is 12.5. The number of benzene rings is 1. The lowest BCUT2D eigenvalue weighted by molar-refractivity contribution is -0.158. The van der Waals surface area contributed by atoms with Crippen LogP contribution in [0.4, 0.5) is 0 Å². The van der Waals surface area contributed by atoms with Crippen LogP contribution in [0.25, 0.3) is 11.0 Å². The van der Waals surface area contributed by atoms with Crippen LogP contribution in [0.3, 0.4) is 0 Å². The molecule has 0 aliphatic heterocycles. The number of carbonyl (C=O) groups is 2. The van der Waals surface area contributed by atoms with Gasteiger partial charge < -0.3 is 13.9 Å². The first-order valence-electron chi connectivity index (χ1n) is 6.68. The number of fused-ring (bicyclic) bond motifs is 1. The van der Waals surface area contributed by atoms with Gasteiger partial charge in [0, 0.05) is 6.07 Å². The fraction of sp³-hybridized carbons (Fsp3) is 0.312. The van der Waals surface area contributed by atoms with Crippen LogP contribution in [0.1, 0.15) is 31.3 Å². The SMILES string of the molecule is CC(C)(C)OC(=O)COC(=O)c1cc(=O)c2ccccc2o1. The van der Waals surface area contributed by atoms with E-state index in [0.29, 0.717) is 5.39 Å². The lowest BCUT2D eigenvalue weighted by Gasteiger charge is -2.19. The van der Waals surface area contributed by atoms with E-state index < -0.39 is 24.1 Å². The van der Waals surface area contributed by atoms with E-state index in [0.717, 1.165) is 6.07 Å². The summed E-state index contributed by atoms with van der Waals surface area (Å²) in [5.41, 5.74) is -0.746. The van der Waals surface area contributed by atoms with E-state index in [-0.39, 0.29) is 16.8 Å². The minimum absolute atomic E-state index is 0.257. The van der Waals surface area contributed by atoms with Crippen LogP contribution in [-0.2, 0) is 14.3 Å². The molecule has 0 saturated heterocycles. The molecule has 0 aliphatic rings. The predicted octanol–water partition coefficient (Wildman–Crippen LogP) is 2.29. The van der Waals surface area contributed by atoms with Crippen LogP contribution in [-0.4, -0.2) is 24.1 Å². The smallest absolute Gasteiger partial charge is 0.374 e. The Balaban J connectivity index is 2.10. The Morgan fingerprint density at radius 3 is 2.55 bits per heavy atom. The van der Waals surface area contributed by atoms with Crippen molar-refractivity contribution in [3.05, 3.63) is 46.3 Å². The molecule has 6 heteroatoms. The van der Waals surface area contributed by atoms with Gasteiger partial charge in [-0.2, -0.15) is 0 Å². The van der Waals surface area contributed by atoms with Crippen LogP contribution in [0.2, 0.25) is 0 Å². The molecule has 22 heavy (non-hydrogen) atoms. The largest absolute Gasteiger partial charge is 0.457 e. The number of hydrogen-bond donors (Lipinski definition) is 0. The van der Waals surface area contributed by atoms with Gasteiger partial charge in [-0.15, -0.1) is 0 Å². The summed E-state index contributed by atoms with van der Waals surface area (Å²) >= 11 is 0. The second kappa shape index (κ2) is 6.01. The van der Waals surface area contributed by atoms with Crippen LogP contribution >= 0.6 is 0 Å². The molecule has 0 atom stereocenters. The molecule has 0 N–H and O–H groups in total. The van der Waals surface area contributed by atoms with Crippen LogP contribution < -0.4 is 5.43 Å². The fourth-order valence-electron chi connectivity index (χ4n) is 1.77. The normalized spacial score (nSPS) is 11.2. The average Bonchev–Trinajstić information content (AvgIpc) is 2.43. The second-order valence-electron chi connectivity index (χ2n) is 5.63. The molecule has 2 aromatic rings. The molecule has 6 nitrogen and oxygen atoms in total. The maximum atomic E-state index is 11.9. The van der Waals surface area contributed by atoms with Crippen molar-refractivity contribution >= 4 is 22.9 Å². The van der Waals surface area contributed by atoms with Crippen molar-refractivity contribution in [1.29, 1.82) is 0 Å². The Labute approximate surface area is 126 Å². The van der Waals surface area contributed by atoms with Gasteiger partial charge in [0.05, 0.1) is 5.39 Å². The summed E-state index contributed by atoms with van der Waals surface area (Å²) in [7, 11) is 0. The van der Waals surface area contributed by atoms with Gasteiger partial charge in [0.25, 0.3) is 0 Å². The van der Waals surface area contributed by atoms with Gasteiger partial charge in [-0.1, -0.05) is 12.1 Å². The Bertz CT molecular complexity index is 766. The molecule has 0 fully saturated rings. The van der Waals surface area contributed by atoms with Crippen LogP contribution in [0.5, 0.6) is 0 Å². The van der Waals surface area contributed by atoms with E-state index in [9.17, 15) is 14.4 Å². The molecule has 0 aliphatic carbocycles. The number of carbonyl (C=O) groups excluding carboxylic acids is 2. The molecule has 0 amide bonds. The Hall–Kier alpha value is -2.63. The monoisotopic (exact) mass is 304 g/mol. The van der Waals surface area contributed by atoms with Crippen molar-refractivity contribution in [3.8, 4) is 0 Å². The highest BCUT2D eigenvalue weighted by Crippen LogP contribution is 2.13. The average molecular weight is 304 g/mol. The van der Waals surface area contributed by atoms with Crippen molar-refractivity contribution in [2.75, 3.05) is 6.61 Å². The number of esters is 2. The Morgan fingerprint density at radius 2 is 1.86 bits per heavy atom. The van der Waals surface area contributed by atoms with E-state index in [1.165, 1.54) is 0 Å². The summed E-state index contributed by atoms with van der Waals surface area (Å²) in [6.45, 7) is 4.56. The van der Waals surface area contributed by atoms with Gasteiger partial charge in [0.15, 0.2) is 12.0 Å². The van der Waals surface area contributed by atoms with Gasteiger partial charge in [0.1, 0.15) is 11.2 Å². The molecule has 116 valence electrons. The minimum Gasteiger partial charge on any atom is -0.457 e. The van der Waals surface area contributed by atoms with Crippen molar-refractivity contribution in [2.45, 2.75) is 26.4 Å². The topological polar surface area (TPSA) is 82.8 Å². The van der Waals surface area contributed by atoms with Crippen molar-refractivity contribution in [3.63, 3.8) is 0 Å². The predicted molar refractivity (Wildman–Crippen MR) is 78.6 cm³/mol. The highest BCUT2D eigenvalue weighted by atomic mass is 16.6. The number of hydrogen-bond acceptors (Lipinski definition) is 6. The summed E-state index contributed by atoms with van der Waals surface area (Å²) in [4.78, 5) is 35.2. The minimum atomic E-state index is -0.895. The highest BCUT2D eigenvalue weighted by molar-refractivity contribution is 5.90. The molecule has 0 unspecified atom stereocenters. The van der Waals surface area contributed by atoms with E-state index in [4.69, 9.17) is 13.9 Å². The highest BCUT2D eigenvalue weighted by Gasteiger charge is 2.19. The summed E-state index contributed by atoms with van der Waals surface area (Å²) < 4.78 is 15.1. The number of para-hydroxylation sites is 1. The van der Waals surface area contributed by atoms with Crippen LogP contribution in [0.15, 0.2) is 39.5 Å². The van der Waals surface area contributed by atoms with E-state index >= 15 is 0 Å². The Kier molecular flexibility index (Phi) is 4.30. The van der Waals surface area contributed by atoms with Gasteiger partial charge in [0.2, 0.25) is 5.76 Å². The summed E-state index contributed by atoms with van der Waals surface area (Å²) in [5, 5.41) is 0.367. The van der Waals surface area contributed by atoms with Gasteiger partial charge >= 0.3 is 11.9 Å². The first-order chi connectivity index (χ1) is 10.3. The van der Waals surface area contributed by atoms with E-state index in [1.807, 2.05) is 0 Å². The third-order valence-electron chi connectivity index (χ3n) is 2.58. The lowest BCUT2D eigenvalue weighted by atomic mass is 10.2. The molecule has 0 spiro atoms. The molecular formula is C16H16O6. The van der Waals surface area contributed by atoms with Gasteiger partial charge in [-0.05, 0) is 32.9 Å². The molecule has 1 heterocycles. The van der Waals surface area contributed by atoms with Crippen molar-refractivity contribution in [2.24, 2.45) is 0 Å². The quantitative estimate of drug-likeness (QED) is 0.809. The first-order valence-corrected chi connectivity index (χ1v) is 6.68. The zero-order valence-electron chi connectivity index (χ0n) is 12.5. The van der Waals surface area contributed by atoms with Gasteiger partial charge in [-0.25, -0.2) is 9.59 Å². The van der Waals surface area contributed by atoms with E-state index in [2.05, 4.69) is 0 Å². The van der Waals surface area contributed by atoms with Crippen LogP contribution in [0, 0.1) is 0 Å². The second-order valence-corrected chi connectivity index (χ2v) is 5.63. The van der Waals surface area contributed by atoms with Crippen molar-refractivity contribution in [1.82, 2.24) is 0 Å². The molecule has 1 aromatic carbocycles. The summed E-state index contributed by atoms with van der Waals surface area (Å²) in [5.74, 6) is -1.83. The maximum absolute atomic E-state index is 11.9. The lowest BCUT2D eigenvalue weighted by Crippen LogP contribution is -2.27. The molecule has 0 radical (unpaired) electrons. The molecular weight excluding hydrogens is 288 g/mol. The molecule has 2 rings (SSSR count). The fourth-order valence-corrected chi connectivity index (χ4v) is 1.77. The van der Waals surface area contributed by atoms with Crippen molar-refractivity contribution < 1.29 is 23.5 Å². The molecule has 0 bridgehead atoms. The zero-order chi connectivity index (χ0) is 16.3. The standard InChI is InChI=1S/C16H16O6/c1-16(2,3)22-14(18)9-20-15(19)13-8-11(17)10-6-4-5-7-12(10)21-13/h4-8H,9H2,1-3H3. The Morgan fingerprint density at radius 1 is 1.18 bits per heavy atom. The van der Waals surface area contributed by atoms with Gasteiger partial charge in [-0.3, -0.25) is 4.79 Å². The van der Waals surface area contributed by atoms with E-state index in [1.54, 1.807) is 45.0 Å². The summed E-state index contributed by atoms with van der Waals surface area (Å²) in [6, 6.07) is 7.58. The molecule has 0 saturated carbocycles. The maximum Gasteiger partial charge on any atom is 0.374 e. The number of rotatable bonds is 3. The third kappa shape index (κ3) is 3.94.